The van der Waals surface area contributed by atoms with Crippen LogP contribution in [0.1, 0.15) is 31.0 Å². The first-order valence-corrected chi connectivity index (χ1v) is 7.39. The molecule has 0 radical (unpaired) electrons. The molecule has 94 valence electrons. The number of nitrogens with one attached hydrogen (secondary N) is 1. The van der Waals surface area contributed by atoms with E-state index >= 15 is 0 Å². The molecule has 0 saturated carbocycles. The lowest BCUT2D eigenvalue weighted by Crippen LogP contribution is -2.27. The fourth-order valence-corrected chi connectivity index (χ4v) is 3.57. The standard InChI is InChI=1S/C14H21NOS/c1-4-15-14-10(2)8-17-9-11-5-6-12(16-3)7-13(11)14/h5-7,10,14-15H,4,8-9H2,1-3H3. The average Bonchev–Trinajstić information content (AvgIpc) is 2.50. The van der Waals surface area contributed by atoms with Crippen molar-refractivity contribution in [3.63, 3.8) is 0 Å². The van der Waals surface area contributed by atoms with Crippen molar-refractivity contribution in [3.8, 4) is 5.75 Å². The van der Waals surface area contributed by atoms with E-state index in [4.69, 9.17) is 4.74 Å². The van der Waals surface area contributed by atoms with Crippen molar-refractivity contribution in [3.05, 3.63) is 29.3 Å². The summed E-state index contributed by atoms with van der Waals surface area (Å²) in [6.45, 7) is 5.51. The Morgan fingerprint density at radius 3 is 3.00 bits per heavy atom. The highest BCUT2D eigenvalue weighted by Crippen LogP contribution is 2.36. The molecule has 0 bridgehead atoms. The number of thioether (sulfide) groups is 1. The number of methoxy groups -OCH3 is 1. The molecule has 2 atom stereocenters. The lowest BCUT2D eigenvalue weighted by molar-refractivity contribution is 0.405. The summed E-state index contributed by atoms with van der Waals surface area (Å²) in [5, 5.41) is 3.61. The Balaban J connectivity index is 2.39. The van der Waals surface area contributed by atoms with E-state index in [1.54, 1.807) is 7.11 Å². The maximum absolute atomic E-state index is 5.35. The largest absolute Gasteiger partial charge is 0.497 e. The van der Waals surface area contributed by atoms with E-state index in [9.17, 15) is 0 Å². The molecular weight excluding hydrogens is 230 g/mol. The number of rotatable bonds is 3. The second kappa shape index (κ2) is 5.78. The molecule has 0 spiro atoms. The summed E-state index contributed by atoms with van der Waals surface area (Å²) < 4.78 is 5.35. The van der Waals surface area contributed by atoms with Crippen molar-refractivity contribution < 1.29 is 4.74 Å². The Morgan fingerprint density at radius 2 is 2.29 bits per heavy atom. The van der Waals surface area contributed by atoms with Gasteiger partial charge >= 0.3 is 0 Å². The molecule has 0 aromatic heterocycles. The van der Waals surface area contributed by atoms with E-state index in [0.29, 0.717) is 12.0 Å². The molecule has 2 unspecified atom stereocenters. The van der Waals surface area contributed by atoms with Gasteiger partial charge in [-0.05, 0) is 41.5 Å². The van der Waals surface area contributed by atoms with Crippen molar-refractivity contribution >= 4 is 11.8 Å². The Kier molecular flexibility index (Phi) is 4.35. The lowest BCUT2D eigenvalue weighted by atomic mass is 9.92. The van der Waals surface area contributed by atoms with Gasteiger partial charge in [0.15, 0.2) is 0 Å². The summed E-state index contributed by atoms with van der Waals surface area (Å²) in [5.41, 5.74) is 2.87. The topological polar surface area (TPSA) is 21.3 Å². The van der Waals surface area contributed by atoms with Crippen molar-refractivity contribution in [1.29, 1.82) is 0 Å². The molecule has 17 heavy (non-hydrogen) atoms. The van der Waals surface area contributed by atoms with Crippen LogP contribution in [0.2, 0.25) is 0 Å². The lowest BCUT2D eigenvalue weighted by Gasteiger charge is -2.24. The minimum Gasteiger partial charge on any atom is -0.497 e. The summed E-state index contributed by atoms with van der Waals surface area (Å²) in [7, 11) is 1.73. The van der Waals surface area contributed by atoms with Gasteiger partial charge in [0, 0.05) is 11.8 Å². The van der Waals surface area contributed by atoms with Gasteiger partial charge in [0.05, 0.1) is 7.11 Å². The van der Waals surface area contributed by atoms with Crippen LogP contribution in [0.25, 0.3) is 0 Å². The highest BCUT2D eigenvalue weighted by atomic mass is 32.2. The van der Waals surface area contributed by atoms with E-state index in [-0.39, 0.29) is 0 Å². The summed E-state index contributed by atoms with van der Waals surface area (Å²) in [6, 6.07) is 6.94. The zero-order valence-corrected chi connectivity index (χ0v) is 11.6. The van der Waals surface area contributed by atoms with E-state index in [1.165, 1.54) is 16.9 Å². The first-order chi connectivity index (χ1) is 8.26. The predicted molar refractivity (Wildman–Crippen MR) is 74.7 cm³/mol. The third kappa shape index (κ3) is 2.78. The van der Waals surface area contributed by atoms with E-state index in [2.05, 4.69) is 37.4 Å². The molecule has 0 fully saturated rings. The normalized spacial score (nSPS) is 23.9. The number of fused-ring (bicyclic) bond motifs is 1. The van der Waals surface area contributed by atoms with Gasteiger partial charge in [-0.15, -0.1) is 0 Å². The highest BCUT2D eigenvalue weighted by Gasteiger charge is 2.24. The maximum atomic E-state index is 5.35. The van der Waals surface area contributed by atoms with Gasteiger partial charge in [-0.25, -0.2) is 0 Å². The van der Waals surface area contributed by atoms with E-state index in [1.807, 2.05) is 11.8 Å². The SMILES string of the molecule is CCNC1c2cc(OC)ccc2CSCC1C. The van der Waals surface area contributed by atoms with Crippen molar-refractivity contribution in [2.75, 3.05) is 19.4 Å². The second-order valence-corrected chi connectivity index (χ2v) is 5.62. The molecule has 0 saturated heterocycles. The minimum atomic E-state index is 0.458. The maximum Gasteiger partial charge on any atom is 0.119 e. The summed E-state index contributed by atoms with van der Waals surface area (Å²) in [6.07, 6.45) is 0. The molecule has 1 aromatic rings. The van der Waals surface area contributed by atoms with E-state index in [0.717, 1.165) is 18.0 Å². The molecule has 1 heterocycles. The molecule has 1 aliphatic rings. The minimum absolute atomic E-state index is 0.458. The molecule has 1 aromatic carbocycles. The highest BCUT2D eigenvalue weighted by molar-refractivity contribution is 7.98. The first-order valence-electron chi connectivity index (χ1n) is 6.24. The quantitative estimate of drug-likeness (QED) is 0.891. The van der Waals surface area contributed by atoms with Crippen LogP contribution in [0.15, 0.2) is 18.2 Å². The fraction of sp³-hybridized carbons (Fsp3) is 0.571. The van der Waals surface area contributed by atoms with Crippen molar-refractivity contribution in [2.45, 2.75) is 25.6 Å². The summed E-state index contributed by atoms with van der Waals surface area (Å²) in [5.74, 6) is 3.96. The van der Waals surface area contributed by atoms with Crippen LogP contribution in [0.3, 0.4) is 0 Å². The third-order valence-electron chi connectivity index (χ3n) is 3.32. The van der Waals surface area contributed by atoms with Gasteiger partial charge < -0.3 is 10.1 Å². The molecular formula is C14H21NOS. The third-order valence-corrected chi connectivity index (χ3v) is 4.60. The van der Waals surface area contributed by atoms with Crippen molar-refractivity contribution in [1.82, 2.24) is 5.32 Å². The van der Waals surface area contributed by atoms with Gasteiger partial charge in [-0.1, -0.05) is 19.9 Å². The van der Waals surface area contributed by atoms with Gasteiger partial charge in [0.2, 0.25) is 0 Å². The molecule has 3 heteroatoms. The van der Waals surface area contributed by atoms with Gasteiger partial charge in [0.1, 0.15) is 5.75 Å². The van der Waals surface area contributed by atoms with Crippen LogP contribution in [-0.4, -0.2) is 19.4 Å². The van der Waals surface area contributed by atoms with Crippen LogP contribution < -0.4 is 10.1 Å². The second-order valence-electron chi connectivity index (χ2n) is 4.59. The Labute approximate surface area is 108 Å². The Morgan fingerprint density at radius 1 is 1.47 bits per heavy atom. The van der Waals surface area contributed by atoms with Gasteiger partial charge in [0.25, 0.3) is 0 Å². The van der Waals surface area contributed by atoms with Crippen LogP contribution >= 0.6 is 11.8 Å². The Hall–Kier alpha value is -0.670. The van der Waals surface area contributed by atoms with Crippen LogP contribution in [0.4, 0.5) is 0 Å². The smallest absolute Gasteiger partial charge is 0.119 e. The van der Waals surface area contributed by atoms with Crippen LogP contribution in [0, 0.1) is 5.92 Å². The predicted octanol–water partition coefficient (Wildman–Crippen LogP) is 3.23. The summed E-state index contributed by atoms with van der Waals surface area (Å²) in [4.78, 5) is 0. The van der Waals surface area contributed by atoms with Gasteiger partial charge in [-0.3, -0.25) is 0 Å². The van der Waals surface area contributed by atoms with Crippen LogP contribution in [0.5, 0.6) is 5.75 Å². The van der Waals surface area contributed by atoms with Crippen LogP contribution in [-0.2, 0) is 5.75 Å². The monoisotopic (exact) mass is 251 g/mol. The van der Waals surface area contributed by atoms with E-state index < -0.39 is 0 Å². The van der Waals surface area contributed by atoms with Crippen molar-refractivity contribution in [2.24, 2.45) is 5.92 Å². The van der Waals surface area contributed by atoms with Gasteiger partial charge in [-0.2, -0.15) is 11.8 Å². The fourth-order valence-electron chi connectivity index (χ4n) is 2.41. The first kappa shape index (κ1) is 12.8. The average molecular weight is 251 g/mol. The number of benzene rings is 1. The summed E-state index contributed by atoms with van der Waals surface area (Å²) >= 11 is 2.03. The molecule has 0 aliphatic carbocycles. The molecule has 2 rings (SSSR count). The molecule has 0 amide bonds. The number of hydrogen-bond acceptors (Lipinski definition) is 3. The number of ether oxygens (including phenoxy) is 1. The Bertz CT molecular complexity index is 380. The zero-order chi connectivity index (χ0) is 12.3. The zero-order valence-electron chi connectivity index (χ0n) is 10.8. The molecule has 2 nitrogen and oxygen atoms in total. The number of hydrogen-bond donors (Lipinski definition) is 1. The molecule has 1 aliphatic heterocycles. The molecule has 1 N–H and O–H groups in total.